The summed E-state index contributed by atoms with van der Waals surface area (Å²) in [5.74, 6) is -0.953. The topological polar surface area (TPSA) is 114 Å². The van der Waals surface area contributed by atoms with Crippen LogP contribution in [0.15, 0.2) is 30.3 Å². The zero-order valence-corrected chi connectivity index (χ0v) is 20.4. The van der Waals surface area contributed by atoms with Crippen LogP contribution in [0.2, 0.25) is 0 Å². The minimum atomic E-state index is -0.602. The molecule has 1 aromatic rings. The Morgan fingerprint density at radius 2 is 1.76 bits per heavy atom. The van der Waals surface area contributed by atoms with Gasteiger partial charge in [-0.25, -0.2) is 4.79 Å². The number of alkyl carbamates (subject to hydrolysis) is 1. The average molecular weight is 478 g/mol. The highest BCUT2D eigenvalue weighted by Crippen LogP contribution is 2.14. The number of hydrogen-bond donors (Lipinski definition) is 1. The van der Waals surface area contributed by atoms with Crippen LogP contribution in [0.3, 0.4) is 0 Å². The van der Waals surface area contributed by atoms with Crippen LogP contribution in [-0.2, 0) is 35.2 Å². The summed E-state index contributed by atoms with van der Waals surface area (Å²) in [7, 11) is 0. The fraction of sp³-hybridized carbons (Fsp3) is 0.583. The number of piperazine rings is 1. The number of rotatable bonds is 9. The molecule has 1 saturated heterocycles. The van der Waals surface area contributed by atoms with E-state index in [-0.39, 0.29) is 50.6 Å². The number of hydrogen-bond acceptors (Lipinski definition) is 8. The van der Waals surface area contributed by atoms with Crippen LogP contribution in [0, 0.1) is 0 Å². The van der Waals surface area contributed by atoms with E-state index in [0.717, 1.165) is 5.56 Å². The fourth-order valence-corrected chi connectivity index (χ4v) is 3.44. The first-order chi connectivity index (χ1) is 16.0. The number of nitrogens with one attached hydrogen (secondary N) is 1. The number of esters is 2. The lowest BCUT2D eigenvalue weighted by atomic mass is 10.1. The standard InChI is InChI=1S/C24H35N3O7/c1-18(28)32-17-20-14-27(13-12-26(20)15-22(30)34-24(2,3)4)21(29)10-11-25-23(31)33-16-19-8-6-5-7-9-19/h5-9,20H,10-17H2,1-4H3,(H,25,31). The zero-order chi connectivity index (χ0) is 25.1. The van der Waals surface area contributed by atoms with Crippen molar-refractivity contribution in [2.75, 3.05) is 39.3 Å². The van der Waals surface area contributed by atoms with Gasteiger partial charge in [0.15, 0.2) is 0 Å². The van der Waals surface area contributed by atoms with Crippen LogP contribution in [0.4, 0.5) is 4.79 Å². The molecular formula is C24H35N3O7. The van der Waals surface area contributed by atoms with Crippen molar-refractivity contribution in [2.45, 2.75) is 52.4 Å². The zero-order valence-electron chi connectivity index (χ0n) is 20.4. The van der Waals surface area contributed by atoms with Gasteiger partial charge in [0, 0.05) is 39.5 Å². The van der Waals surface area contributed by atoms with Gasteiger partial charge in [-0.2, -0.15) is 0 Å². The van der Waals surface area contributed by atoms with E-state index in [1.807, 2.05) is 35.2 Å². The highest BCUT2D eigenvalue weighted by Gasteiger charge is 2.32. The Hall–Kier alpha value is -3.14. The molecule has 1 heterocycles. The van der Waals surface area contributed by atoms with Crippen molar-refractivity contribution in [2.24, 2.45) is 0 Å². The van der Waals surface area contributed by atoms with Gasteiger partial charge in [0.25, 0.3) is 0 Å². The first kappa shape index (κ1) is 27.1. The maximum Gasteiger partial charge on any atom is 0.407 e. The molecule has 1 N–H and O–H groups in total. The lowest BCUT2D eigenvalue weighted by molar-refractivity contribution is -0.158. The highest BCUT2D eigenvalue weighted by molar-refractivity contribution is 5.77. The van der Waals surface area contributed by atoms with Crippen molar-refractivity contribution in [1.29, 1.82) is 0 Å². The number of benzene rings is 1. The SMILES string of the molecule is CC(=O)OCC1CN(C(=O)CCNC(=O)OCc2ccccc2)CCN1CC(=O)OC(C)(C)C. The molecule has 0 saturated carbocycles. The molecule has 10 heteroatoms. The number of amides is 2. The van der Waals surface area contributed by atoms with Crippen LogP contribution in [0.5, 0.6) is 0 Å². The Labute approximate surface area is 200 Å². The maximum absolute atomic E-state index is 12.7. The van der Waals surface area contributed by atoms with Gasteiger partial charge in [-0.15, -0.1) is 0 Å². The van der Waals surface area contributed by atoms with Crippen molar-refractivity contribution >= 4 is 23.9 Å². The minimum absolute atomic E-state index is 0.0417. The molecule has 0 bridgehead atoms. The quantitative estimate of drug-likeness (QED) is 0.422. The van der Waals surface area contributed by atoms with Gasteiger partial charge in [-0.05, 0) is 26.3 Å². The molecule has 2 amide bonds. The van der Waals surface area contributed by atoms with Crippen LogP contribution in [0.25, 0.3) is 0 Å². The summed E-state index contributed by atoms with van der Waals surface area (Å²) in [4.78, 5) is 51.6. The first-order valence-corrected chi connectivity index (χ1v) is 11.3. The van der Waals surface area contributed by atoms with Gasteiger partial charge in [-0.3, -0.25) is 19.3 Å². The number of carbonyl (C=O) groups excluding carboxylic acids is 4. The second-order valence-corrected chi connectivity index (χ2v) is 9.09. The summed E-state index contributed by atoms with van der Waals surface area (Å²) in [6, 6.07) is 8.97. The van der Waals surface area contributed by atoms with Gasteiger partial charge in [0.05, 0.1) is 12.6 Å². The predicted molar refractivity (Wildman–Crippen MR) is 124 cm³/mol. The van der Waals surface area contributed by atoms with Crippen LogP contribution >= 0.6 is 0 Å². The molecule has 34 heavy (non-hydrogen) atoms. The van der Waals surface area contributed by atoms with Crippen molar-refractivity contribution < 1.29 is 33.4 Å². The van der Waals surface area contributed by atoms with E-state index in [1.54, 1.807) is 25.7 Å². The fourth-order valence-electron chi connectivity index (χ4n) is 3.44. The molecule has 1 aromatic carbocycles. The van der Waals surface area contributed by atoms with E-state index >= 15 is 0 Å². The summed E-state index contributed by atoms with van der Waals surface area (Å²) in [5.41, 5.74) is 0.270. The van der Waals surface area contributed by atoms with Gasteiger partial charge in [0.1, 0.15) is 18.8 Å². The molecule has 0 spiro atoms. The molecule has 1 aliphatic heterocycles. The average Bonchev–Trinajstić information content (AvgIpc) is 2.76. The van der Waals surface area contributed by atoms with Crippen molar-refractivity contribution in [1.82, 2.24) is 15.1 Å². The third kappa shape index (κ3) is 10.2. The second kappa shape index (κ2) is 12.9. The van der Waals surface area contributed by atoms with Crippen LogP contribution in [-0.4, -0.2) is 84.7 Å². The number of nitrogens with zero attached hydrogens (tertiary/aromatic N) is 2. The summed E-state index contributed by atoms with van der Waals surface area (Å²) in [5, 5.41) is 2.58. The minimum Gasteiger partial charge on any atom is -0.464 e. The lowest BCUT2D eigenvalue weighted by Gasteiger charge is -2.40. The summed E-state index contributed by atoms with van der Waals surface area (Å²) < 4.78 is 15.7. The van der Waals surface area contributed by atoms with E-state index in [4.69, 9.17) is 14.2 Å². The molecule has 1 unspecified atom stereocenters. The van der Waals surface area contributed by atoms with E-state index < -0.39 is 17.7 Å². The molecule has 2 rings (SSSR count). The Kier molecular flexibility index (Phi) is 10.3. The molecule has 1 atom stereocenters. The van der Waals surface area contributed by atoms with Crippen LogP contribution in [0.1, 0.15) is 39.7 Å². The monoisotopic (exact) mass is 477 g/mol. The van der Waals surface area contributed by atoms with E-state index in [1.165, 1.54) is 6.92 Å². The Morgan fingerprint density at radius 3 is 2.41 bits per heavy atom. The largest absolute Gasteiger partial charge is 0.464 e. The predicted octanol–water partition coefficient (Wildman–Crippen LogP) is 1.72. The Balaban J connectivity index is 1.80. The molecule has 0 aliphatic carbocycles. The van der Waals surface area contributed by atoms with Gasteiger partial charge < -0.3 is 24.4 Å². The molecule has 1 fully saturated rings. The summed E-state index contributed by atoms with van der Waals surface area (Å²) in [6.07, 6.45) is -0.487. The highest BCUT2D eigenvalue weighted by atomic mass is 16.6. The maximum atomic E-state index is 12.7. The van der Waals surface area contributed by atoms with Gasteiger partial charge >= 0.3 is 18.0 Å². The van der Waals surface area contributed by atoms with E-state index in [2.05, 4.69) is 5.32 Å². The van der Waals surface area contributed by atoms with Gasteiger partial charge in [-0.1, -0.05) is 30.3 Å². The molecule has 188 valence electrons. The third-order valence-electron chi connectivity index (χ3n) is 5.01. The Morgan fingerprint density at radius 1 is 1.06 bits per heavy atom. The smallest absolute Gasteiger partial charge is 0.407 e. The first-order valence-electron chi connectivity index (χ1n) is 11.3. The molecule has 0 radical (unpaired) electrons. The van der Waals surface area contributed by atoms with E-state index in [0.29, 0.717) is 19.6 Å². The van der Waals surface area contributed by atoms with Crippen molar-refractivity contribution in [3.63, 3.8) is 0 Å². The molecule has 10 nitrogen and oxygen atoms in total. The molecular weight excluding hydrogens is 442 g/mol. The number of carbonyl (C=O) groups is 4. The van der Waals surface area contributed by atoms with Crippen molar-refractivity contribution in [3.8, 4) is 0 Å². The molecule has 1 aliphatic rings. The van der Waals surface area contributed by atoms with E-state index in [9.17, 15) is 19.2 Å². The third-order valence-corrected chi connectivity index (χ3v) is 5.01. The van der Waals surface area contributed by atoms with Crippen molar-refractivity contribution in [3.05, 3.63) is 35.9 Å². The summed E-state index contributed by atoms with van der Waals surface area (Å²) in [6.45, 7) is 8.24. The Bertz CT molecular complexity index is 839. The normalized spacial score (nSPS) is 16.5. The lowest BCUT2D eigenvalue weighted by Crippen LogP contribution is -2.58. The van der Waals surface area contributed by atoms with Gasteiger partial charge in [0.2, 0.25) is 5.91 Å². The van der Waals surface area contributed by atoms with Crippen LogP contribution < -0.4 is 5.32 Å². The second-order valence-electron chi connectivity index (χ2n) is 9.09. The summed E-state index contributed by atoms with van der Waals surface area (Å²) >= 11 is 0. The number of ether oxygens (including phenoxy) is 3. The molecule has 0 aromatic heterocycles.